The molecule has 0 aliphatic carbocycles. The Morgan fingerprint density at radius 1 is 1.07 bits per heavy atom. The Bertz CT molecular complexity index is 172. The maximum atomic E-state index is 5.86. The highest BCUT2D eigenvalue weighted by atomic mass is 16.6. The van der Waals surface area contributed by atoms with Crippen molar-refractivity contribution in [1.82, 2.24) is 0 Å². The highest BCUT2D eigenvalue weighted by Crippen LogP contribution is 2.30. The van der Waals surface area contributed by atoms with E-state index in [0.29, 0.717) is 5.92 Å². The van der Waals surface area contributed by atoms with Crippen molar-refractivity contribution in [2.75, 3.05) is 14.2 Å². The zero-order valence-electron chi connectivity index (χ0n) is 9.82. The predicted octanol–water partition coefficient (Wildman–Crippen LogP) is 1.85. The summed E-state index contributed by atoms with van der Waals surface area (Å²) in [5.41, 5.74) is 0. The summed E-state index contributed by atoms with van der Waals surface area (Å²) >= 11 is 0. The second kappa shape index (κ2) is 5.10. The highest BCUT2D eigenvalue weighted by molar-refractivity contribution is 4.89. The zero-order valence-corrected chi connectivity index (χ0v) is 9.82. The molecule has 14 heavy (non-hydrogen) atoms. The van der Waals surface area contributed by atoms with E-state index in [1.807, 2.05) is 0 Å². The van der Waals surface area contributed by atoms with Crippen molar-refractivity contribution >= 4 is 0 Å². The third-order valence-electron chi connectivity index (χ3n) is 3.20. The second-order valence-electron chi connectivity index (χ2n) is 4.05. The van der Waals surface area contributed by atoms with Crippen molar-refractivity contribution in [2.24, 2.45) is 5.92 Å². The van der Waals surface area contributed by atoms with Gasteiger partial charge in [0.15, 0.2) is 0 Å². The van der Waals surface area contributed by atoms with Crippen LogP contribution in [-0.4, -0.2) is 38.6 Å². The van der Waals surface area contributed by atoms with Crippen molar-refractivity contribution in [3.05, 3.63) is 0 Å². The van der Waals surface area contributed by atoms with E-state index in [-0.39, 0.29) is 24.4 Å². The van der Waals surface area contributed by atoms with Gasteiger partial charge in [-0.05, 0) is 13.3 Å². The van der Waals surface area contributed by atoms with Gasteiger partial charge in [0.1, 0.15) is 0 Å². The van der Waals surface area contributed by atoms with Gasteiger partial charge in [-0.15, -0.1) is 0 Å². The zero-order chi connectivity index (χ0) is 10.7. The van der Waals surface area contributed by atoms with E-state index in [1.54, 1.807) is 14.2 Å². The lowest BCUT2D eigenvalue weighted by Crippen LogP contribution is -2.53. The van der Waals surface area contributed by atoms with Crippen LogP contribution in [0.3, 0.4) is 0 Å². The van der Waals surface area contributed by atoms with E-state index in [9.17, 15) is 0 Å². The summed E-state index contributed by atoms with van der Waals surface area (Å²) in [5.74, 6) is 0.388. The minimum atomic E-state index is 0.141. The summed E-state index contributed by atoms with van der Waals surface area (Å²) in [5, 5.41) is 0. The number of rotatable bonds is 3. The Morgan fingerprint density at radius 3 is 2.07 bits per heavy atom. The predicted molar refractivity (Wildman–Crippen MR) is 55.4 cm³/mol. The van der Waals surface area contributed by atoms with Gasteiger partial charge < -0.3 is 14.2 Å². The second-order valence-corrected chi connectivity index (χ2v) is 4.05. The first-order valence-electron chi connectivity index (χ1n) is 5.36. The van der Waals surface area contributed by atoms with Crippen LogP contribution in [0, 0.1) is 5.92 Å². The summed E-state index contributed by atoms with van der Waals surface area (Å²) in [6.45, 7) is 6.37. The smallest absolute Gasteiger partial charge is 0.0884 e. The van der Waals surface area contributed by atoms with Crippen LogP contribution >= 0.6 is 0 Å². The molecule has 5 atom stereocenters. The largest absolute Gasteiger partial charge is 0.378 e. The van der Waals surface area contributed by atoms with Gasteiger partial charge in [-0.3, -0.25) is 0 Å². The first-order chi connectivity index (χ1) is 6.65. The van der Waals surface area contributed by atoms with Crippen molar-refractivity contribution in [2.45, 2.75) is 51.6 Å². The van der Waals surface area contributed by atoms with Gasteiger partial charge in [-0.25, -0.2) is 0 Å². The summed E-state index contributed by atoms with van der Waals surface area (Å²) in [6, 6.07) is 0. The molecule has 1 rings (SSSR count). The maximum Gasteiger partial charge on any atom is 0.0884 e. The van der Waals surface area contributed by atoms with Gasteiger partial charge in [0.25, 0.3) is 0 Å². The Hall–Kier alpha value is -0.120. The van der Waals surface area contributed by atoms with Crippen molar-refractivity contribution in [3.63, 3.8) is 0 Å². The molecule has 0 aromatic carbocycles. The Morgan fingerprint density at radius 2 is 1.64 bits per heavy atom. The lowest BCUT2D eigenvalue weighted by molar-refractivity contribution is -0.206. The summed E-state index contributed by atoms with van der Waals surface area (Å²) in [7, 11) is 3.48. The number of ether oxygens (including phenoxy) is 3. The molecule has 1 saturated heterocycles. The molecule has 3 heteroatoms. The SMILES string of the molecule is CC[C@@H]1O[C@H](C)C(OC)C(C)[C@@H]1OC. The van der Waals surface area contributed by atoms with Crippen LogP contribution in [0.2, 0.25) is 0 Å². The number of hydrogen-bond acceptors (Lipinski definition) is 3. The van der Waals surface area contributed by atoms with Crippen LogP contribution in [0.4, 0.5) is 0 Å². The van der Waals surface area contributed by atoms with Crippen molar-refractivity contribution in [3.8, 4) is 0 Å². The lowest BCUT2D eigenvalue weighted by atomic mass is 9.87. The quantitative estimate of drug-likeness (QED) is 0.699. The maximum absolute atomic E-state index is 5.86. The summed E-state index contributed by atoms with van der Waals surface area (Å²) < 4.78 is 16.8. The van der Waals surface area contributed by atoms with Crippen LogP contribution in [0.5, 0.6) is 0 Å². The van der Waals surface area contributed by atoms with E-state index in [2.05, 4.69) is 20.8 Å². The van der Waals surface area contributed by atoms with E-state index >= 15 is 0 Å². The van der Waals surface area contributed by atoms with Crippen LogP contribution in [0.1, 0.15) is 27.2 Å². The first-order valence-corrected chi connectivity index (χ1v) is 5.36. The molecular weight excluding hydrogens is 180 g/mol. The topological polar surface area (TPSA) is 27.7 Å². The van der Waals surface area contributed by atoms with E-state index in [1.165, 1.54) is 0 Å². The molecule has 1 fully saturated rings. The van der Waals surface area contributed by atoms with Crippen LogP contribution < -0.4 is 0 Å². The van der Waals surface area contributed by atoms with Crippen molar-refractivity contribution < 1.29 is 14.2 Å². The first kappa shape index (κ1) is 12.0. The average molecular weight is 202 g/mol. The molecule has 0 N–H and O–H groups in total. The highest BCUT2D eigenvalue weighted by Gasteiger charge is 2.41. The molecule has 0 spiro atoms. The van der Waals surface area contributed by atoms with E-state index in [4.69, 9.17) is 14.2 Å². The molecule has 1 aliphatic heterocycles. The van der Waals surface area contributed by atoms with Crippen LogP contribution in [0.15, 0.2) is 0 Å². The number of methoxy groups -OCH3 is 2. The minimum Gasteiger partial charge on any atom is -0.378 e. The van der Waals surface area contributed by atoms with Gasteiger partial charge >= 0.3 is 0 Å². The number of hydrogen-bond donors (Lipinski definition) is 0. The average Bonchev–Trinajstić information content (AvgIpc) is 2.17. The molecule has 0 bridgehead atoms. The van der Waals surface area contributed by atoms with Crippen molar-refractivity contribution in [1.29, 1.82) is 0 Å². The molecular formula is C11H22O3. The summed E-state index contributed by atoms with van der Waals surface area (Å²) in [4.78, 5) is 0. The minimum absolute atomic E-state index is 0.141. The third kappa shape index (κ3) is 2.10. The fourth-order valence-corrected chi connectivity index (χ4v) is 2.48. The Kier molecular flexibility index (Phi) is 4.35. The van der Waals surface area contributed by atoms with Gasteiger partial charge in [-0.1, -0.05) is 13.8 Å². The van der Waals surface area contributed by atoms with Gasteiger partial charge in [0.2, 0.25) is 0 Å². The van der Waals surface area contributed by atoms with Gasteiger partial charge in [0.05, 0.1) is 24.4 Å². The Balaban J connectivity index is 2.72. The molecule has 0 amide bonds. The Labute approximate surface area is 86.7 Å². The molecule has 2 unspecified atom stereocenters. The monoisotopic (exact) mass is 202 g/mol. The molecule has 1 aliphatic rings. The van der Waals surface area contributed by atoms with Crippen LogP contribution in [0.25, 0.3) is 0 Å². The van der Waals surface area contributed by atoms with Crippen LogP contribution in [-0.2, 0) is 14.2 Å². The van der Waals surface area contributed by atoms with Gasteiger partial charge in [0, 0.05) is 20.1 Å². The molecule has 0 aromatic heterocycles. The third-order valence-corrected chi connectivity index (χ3v) is 3.20. The van der Waals surface area contributed by atoms with E-state index in [0.717, 1.165) is 6.42 Å². The standard InChI is InChI=1S/C11H22O3/c1-6-9-11(13-5)7(2)10(12-4)8(3)14-9/h7-11H,6H2,1-5H3/t7?,8-,9+,10?,11+/m1/s1. The lowest BCUT2D eigenvalue weighted by Gasteiger charge is -2.43. The van der Waals surface area contributed by atoms with Gasteiger partial charge in [-0.2, -0.15) is 0 Å². The molecule has 0 aromatic rings. The molecule has 0 radical (unpaired) electrons. The normalized spacial score (nSPS) is 43.9. The molecule has 3 nitrogen and oxygen atoms in total. The fraction of sp³-hybridized carbons (Fsp3) is 1.00. The molecule has 0 saturated carbocycles. The molecule has 1 heterocycles. The van der Waals surface area contributed by atoms with E-state index < -0.39 is 0 Å². The fourth-order valence-electron chi connectivity index (χ4n) is 2.48. The summed E-state index contributed by atoms with van der Waals surface area (Å²) in [6.07, 6.45) is 1.65. The molecule has 84 valence electrons.